The van der Waals surface area contributed by atoms with Gasteiger partial charge in [-0.2, -0.15) is 0 Å². The van der Waals surface area contributed by atoms with E-state index < -0.39 is 15.8 Å². The third-order valence-electron chi connectivity index (χ3n) is 3.47. The van der Waals surface area contributed by atoms with Crippen molar-refractivity contribution >= 4 is 27.4 Å². The van der Waals surface area contributed by atoms with Gasteiger partial charge in [-0.25, -0.2) is 13.2 Å². The fourth-order valence-electron chi connectivity index (χ4n) is 2.18. The molecule has 1 aromatic rings. The fraction of sp³-hybridized carbons (Fsp3) is 0.471. The van der Waals surface area contributed by atoms with Crippen LogP contribution in [-0.2, 0) is 19.4 Å². The zero-order valence-electron chi connectivity index (χ0n) is 13.5. The van der Waals surface area contributed by atoms with Gasteiger partial charge in [0.2, 0.25) is 0 Å². The van der Waals surface area contributed by atoms with Gasteiger partial charge in [-0.05, 0) is 31.0 Å². The van der Waals surface area contributed by atoms with Gasteiger partial charge in [0, 0.05) is 6.08 Å². The zero-order valence-corrected chi connectivity index (χ0v) is 15.1. The Balaban J connectivity index is 2.20. The molecule has 0 atom stereocenters. The molecule has 0 fully saturated rings. The number of carbonyl (C=O) groups excluding carboxylic acids is 1. The first-order valence-corrected chi connectivity index (χ1v) is 9.90. The summed E-state index contributed by atoms with van der Waals surface area (Å²) in [6.07, 6.45) is 6.12. The summed E-state index contributed by atoms with van der Waals surface area (Å²) in [5, 5.41) is 9.32. The number of benzene rings is 1. The van der Waals surface area contributed by atoms with Crippen LogP contribution in [0.2, 0.25) is 5.02 Å². The molecule has 0 amide bonds. The van der Waals surface area contributed by atoms with Crippen LogP contribution in [0.4, 0.5) is 0 Å². The van der Waals surface area contributed by atoms with Crippen molar-refractivity contribution in [3.63, 3.8) is 0 Å². The van der Waals surface area contributed by atoms with E-state index in [4.69, 9.17) is 16.3 Å². The largest absolute Gasteiger partial charge is 0.508 e. The molecule has 1 aromatic carbocycles. The number of hydrogen-bond acceptors (Lipinski definition) is 5. The number of esters is 1. The molecule has 0 heterocycles. The molecule has 0 bridgehead atoms. The Hall–Kier alpha value is -1.53. The van der Waals surface area contributed by atoms with Crippen LogP contribution >= 0.6 is 11.6 Å². The van der Waals surface area contributed by atoms with Crippen LogP contribution < -0.4 is 0 Å². The summed E-state index contributed by atoms with van der Waals surface area (Å²) in [5.41, 5.74) is 0. The Labute approximate surface area is 148 Å². The molecule has 0 unspecified atom stereocenters. The Kier molecular flexibility index (Phi) is 8.85. The highest BCUT2D eigenvalue weighted by atomic mass is 35.5. The summed E-state index contributed by atoms with van der Waals surface area (Å²) < 4.78 is 29.3. The predicted molar refractivity (Wildman–Crippen MR) is 94.0 cm³/mol. The highest BCUT2D eigenvalue weighted by Gasteiger charge is 2.17. The number of hydrogen-bond donors (Lipinski definition) is 1. The van der Waals surface area contributed by atoms with Crippen molar-refractivity contribution in [3.05, 3.63) is 35.9 Å². The first-order valence-electron chi connectivity index (χ1n) is 7.87. The molecule has 0 aromatic heterocycles. The molecule has 134 valence electrons. The standard InChI is InChI=1S/C17H23ClO5S/c1-2-17(20)23-11-7-5-3-4-6-8-12-24(21,22)16-10-9-14(19)13-15(16)18/h2,9-10,13,19H,1,3-8,11-12H2. The summed E-state index contributed by atoms with van der Waals surface area (Å²) in [4.78, 5) is 10.9. The van der Waals surface area contributed by atoms with Gasteiger partial charge in [-0.3, -0.25) is 0 Å². The summed E-state index contributed by atoms with van der Waals surface area (Å²) >= 11 is 5.88. The lowest BCUT2D eigenvalue weighted by molar-refractivity contribution is -0.137. The van der Waals surface area contributed by atoms with Crippen LogP contribution in [0.1, 0.15) is 38.5 Å². The molecule has 5 nitrogen and oxygen atoms in total. The van der Waals surface area contributed by atoms with Crippen LogP contribution in [0.3, 0.4) is 0 Å². The van der Waals surface area contributed by atoms with Crippen LogP contribution in [0, 0.1) is 0 Å². The van der Waals surface area contributed by atoms with Gasteiger partial charge in [-0.15, -0.1) is 0 Å². The van der Waals surface area contributed by atoms with Crippen LogP contribution in [-0.4, -0.2) is 31.9 Å². The van der Waals surface area contributed by atoms with Crippen LogP contribution in [0.5, 0.6) is 5.75 Å². The highest BCUT2D eigenvalue weighted by molar-refractivity contribution is 7.91. The Morgan fingerprint density at radius 2 is 1.79 bits per heavy atom. The van der Waals surface area contributed by atoms with Crippen molar-refractivity contribution < 1.29 is 23.1 Å². The number of halogens is 1. The summed E-state index contributed by atoms with van der Waals surface area (Å²) in [6, 6.07) is 3.88. The third kappa shape index (κ3) is 7.36. The van der Waals surface area contributed by atoms with E-state index in [0.29, 0.717) is 13.0 Å². The van der Waals surface area contributed by atoms with Crippen molar-refractivity contribution in [1.82, 2.24) is 0 Å². The topological polar surface area (TPSA) is 80.7 Å². The van der Waals surface area contributed by atoms with Gasteiger partial charge < -0.3 is 9.84 Å². The van der Waals surface area contributed by atoms with Crippen molar-refractivity contribution in [1.29, 1.82) is 0 Å². The van der Waals surface area contributed by atoms with E-state index in [1.54, 1.807) is 0 Å². The van der Waals surface area contributed by atoms with Gasteiger partial charge in [-0.1, -0.05) is 43.9 Å². The average molecular weight is 375 g/mol. The maximum absolute atomic E-state index is 12.2. The number of phenolic OH excluding ortho intramolecular Hbond substituents is 1. The first kappa shape index (κ1) is 20.5. The molecule has 0 radical (unpaired) electrons. The van der Waals surface area contributed by atoms with Gasteiger partial charge in [0.25, 0.3) is 0 Å². The van der Waals surface area contributed by atoms with Gasteiger partial charge >= 0.3 is 5.97 Å². The lowest BCUT2D eigenvalue weighted by Crippen LogP contribution is -2.07. The number of sulfone groups is 1. The van der Waals surface area contributed by atoms with E-state index in [0.717, 1.165) is 38.2 Å². The predicted octanol–water partition coefficient (Wildman–Crippen LogP) is 3.89. The smallest absolute Gasteiger partial charge is 0.330 e. The molecule has 0 aliphatic carbocycles. The van der Waals surface area contributed by atoms with E-state index >= 15 is 0 Å². The molecule has 24 heavy (non-hydrogen) atoms. The maximum Gasteiger partial charge on any atom is 0.330 e. The minimum absolute atomic E-state index is 0.0362. The second-order valence-corrected chi connectivity index (χ2v) is 7.91. The lowest BCUT2D eigenvalue weighted by atomic mass is 10.1. The zero-order chi connectivity index (χ0) is 18.0. The Bertz CT molecular complexity index is 655. The van der Waals surface area contributed by atoms with E-state index in [2.05, 4.69) is 6.58 Å². The molecular formula is C17H23ClO5S. The average Bonchev–Trinajstić information content (AvgIpc) is 2.52. The monoisotopic (exact) mass is 374 g/mol. The molecule has 1 N–H and O–H groups in total. The van der Waals surface area contributed by atoms with Crippen LogP contribution in [0.25, 0.3) is 0 Å². The minimum atomic E-state index is -3.43. The molecule has 1 rings (SSSR count). The second kappa shape index (κ2) is 10.4. The van der Waals surface area contributed by atoms with Crippen molar-refractivity contribution in [2.45, 2.75) is 43.4 Å². The maximum atomic E-state index is 12.2. The number of rotatable bonds is 11. The van der Waals surface area contributed by atoms with E-state index in [-0.39, 0.29) is 21.4 Å². The number of carbonyl (C=O) groups is 1. The molecule has 7 heteroatoms. The van der Waals surface area contributed by atoms with E-state index in [1.165, 1.54) is 18.2 Å². The van der Waals surface area contributed by atoms with Crippen molar-refractivity contribution in [3.8, 4) is 5.75 Å². The number of ether oxygens (including phenoxy) is 1. The Morgan fingerprint density at radius 3 is 2.42 bits per heavy atom. The molecule has 0 saturated carbocycles. The fourth-order valence-corrected chi connectivity index (χ4v) is 4.15. The van der Waals surface area contributed by atoms with E-state index in [1.807, 2.05) is 0 Å². The number of phenols is 1. The normalized spacial score (nSPS) is 11.2. The summed E-state index contributed by atoms with van der Waals surface area (Å²) in [6.45, 7) is 3.70. The summed E-state index contributed by atoms with van der Waals surface area (Å²) in [5.74, 6) is -0.431. The molecular weight excluding hydrogens is 352 g/mol. The van der Waals surface area contributed by atoms with Gasteiger partial charge in [0.05, 0.1) is 22.3 Å². The Morgan fingerprint density at radius 1 is 1.17 bits per heavy atom. The summed E-state index contributed by atoms with van der Waals surface area (Å²) in [7, 11) is -3.43. The molecule has 0 spiro atoms. The number of aromatic hydroxyl groups is 1. The molecule has 0 aliphatic rings. The van der Waals surface area contributed by atoms with Gasteiger partial charge in [0.15, 0.2) is 9.84 Å². The van der Waals surface area contributed by atoms with Crippen molar-refractivity contribution in [2.75, 3.05) is 12.4 Å². The van der Waals surface area contributed by atoms with Crippen LogP contribution in [0.15, 0.2) is 35.7 Å². The van der Waals surface area contributed by atoms with Gasteiger partial charge in [0.1, 0.15) is 5.75 Å². The molecule has 0 aliphatic heterocycles. The highest BCUT2D eigenvalue weighted by Crippen LogP contribution is 2.27. The lowest BCUT2D eigenvalue weighted by Gasteiger charge is -2.07. The second-order valence-electron chi connectivity index (χ2n) is 5.43. The van der Waals surface area contributed by atoms with Crippen molar-refractivity contribution in [2.24, 2.45) is 0 Å². The quantitative estimate of drug-likeness (QED) is 0.361. The molecule has 0 saturated heterocycles. The van der Waals surface area contributed by atoms with E-state index in [9.17, 15) is 18.3 Å². The number of unbranched alkanes of at least 4 members (excludes halogenated alkanes) is 5. The SMILES string of the molecule is C=CC(=O)OCCCCCCCCS(=O)(=O)c1ccc(O)cc1Cl. The first-order chi connectivity index (χ1) is 11.4. The minimum Gasteiger partial charge on any atom is -0.508 e. The third-order valence-corrected chi connectivity index (χ3v) is 5.75.